The molecule has 1 aromatic heterocycles. The Kier molecular flexibility index (Phi) is 3.24. The fourth-order valence-electron chi connectivity index (χ4n) is 1.85. The van der Waals surface area contributed by atoms with E-state index in [9.17, 15) is 9.59 Å². The van der Waals surface area contributed by atoms with Crippen molar-refractivity contribution in [1.29, 1.82) is 0 Å². The van der Waals surface area contributed by atoms with Gasteiger partial charge >= 0.3 is 5.97 Å². The largest absolute Gasteiger partial charge is 0.481 e. The maximum absolute atomic E-state index is 11.5. The summed E-state index contributed by atoms with van der Waals surface area (Å²) in [5, 5.41) is 10.8. The van der Waals surface area contributed by atoms with Crippen molar-refractivity contribution in [2.45, 2.75) is 12.8 Å². The number of carbonyl (C=O) groups is 2. The zero-order chi connectivity index (χ0) is 11.5. The van der Waals surface area contributed by atoms with Crippen LogP contribution in [0.25, 0.3) is 0 Å². The highest BCUT2D eigenvalue weighted by molar-refractivity contribution is 7.09. The minimum atomic E-state index is -0.869. The first kappa shape index (κ1) is 11.1. The fraction of sp³-hybridized carbons (Fsp3) is 0.455. The molecular formula is C11H13NO3S. The van der Waals surface area contributed by atoms with E-state index >= 15 is 0 Å². The number of thiophene rings is 1. The third-order valence-corrected chi connectivity index (χ3v) is 3.71. The molecule has 1 fully saturated rings. The molecule has 5 heteroatoms. The lowest BCUT2D eigenvalue weighted by Gasteiger charge is -2.14. The van der Waals surface area contributed by atoms with Gasteiger partial charge in [-0.25, -0.2) is 0 Å². The maximum Gasteiger partial charge on any atom is 0.308 e. The maximum atomic E-state index is 11.5. The molecule has 2 rings (SSSR count). The van der Waals surface area contributed by atoms with Gasteiger partial charge in [0.15, 0.2) is 0 Å². The molecule has 0 bridgehead atoms. The highest BCUT2D eigenvalue weighted by atomic mass is 32.1. The van der Waals surface area contributed by atoms with Crippen LogP contribution in [-0.2, 0) is 16.0 Å². The molecule has 1 amide bonds. The van der Waals surface area contributed by atoms with Gasteiger partial charge in [-0.2, -0.15) is 0 Å². The Labute approximate surface area is 97.5 Å². The summed E-state index contributed by atoms with van der Waals surface area (Å²) >= 11 is 1.66. The van der Waals surface area contributed by atoms with Crippen LogP contribution in [0.4, 0.5) is 0 Å². The number of hydrogen-bond acceptors (Lipinski definition) is 3. The van der Waals surface area contributed by atoms with E-state index in [0.29, 0.717) is 13.1 Å². The normalized spacial score (nSPS) is 20.4. The standard InChI is InChI=1S/C11H13NO3S/c13-10-6-8(11(14)15)7-12(10)4-3-9-2-1-5-16-9/h1-2,5,8H,3-4,6-7H2,(H,14,15). The SMILES string of the molecule is O=C(O)C1CC(=O)N(CCc2cccs2)C1. The van der Waals surface area contributed by atoms with Crippen LogP contribution in [0.5, 0.6) is 0 Å². The summed E-state index contributed by atoms with van der Waals surface area (Å²) in [4.78, 5) is 25.1. The van der Waals surface area contributed by atoms with Gasteiger partial charge in [-0.1, -0.05) is 6.07 Å². The van der Waals surface area contributed by atoms with Crippen LogP contribution in [0.15, 0.2) is 17.5 Å². The molecule has 86 valence electrons. The van der Waals surface area contributed by atoms with Crippen molar-refractivity contribution in [2.75, 3.05) is 13.1 Å². The van der Waals surface area contributed by atoms with Gasteiger partial charge in [0.1, 0.15) is 0 Å². The second-order valence-corrected chi connectivity index (χ2v) is 4.94. The molecule has 0 aromatic carbocycles. The van der Waals surface area contributed by atoms with Gasteiger partial charge in [-0.05, 0) is 17.9 Å². The quantitative estimate of drug-likeness (QED) is 0.859. The Morgan fingerprint density at radius 3 is 3.00 bits per heavy atom. The van der Waals surface area contributed by atoms with Gasteiger partial charge in [0.2, 0.25) is 5.91 Å². The van der Waals surface area contributed by atoms with Crippen molar-refractivity contribution in [3.8, 4) is 0 Å². The molecule has 4 nitrogen and oxygen atoms in total. The summed E-state index contributed by atoms with van der Waals surface area (Å²) in [6.45, 7) is 0.989. The number of hydrogen-bond donors (Lipinski definition) is 1. The highest BCUT2D eigenvalue weighted by Crippen LogP contribution is 2.19. The lowest BCUT2D eigenvalue weighted by molar-refractivity contribution is -0.141. The van der Waals surface area contributed by atoms with E-state index in [2.05, 4.69) is 0 Å². The second-order valence-electron chi connectivity index (χ2n) is 3.91. The third kappa shape index (κ3) is 2.41. The predicted octanol–water partition coefficient (Wildman–Crippen LogP) is 1.22. The molecule has 1 unspecified atom stereocenters. The molecule has 1 saturated heterocycles. The van der Waals surface area contributed by atoms with E-state index in [0.717, 1.165) is 6.42 Å². The van der Waals surface area contributed by atoms with Gasteiger partial charge in [0, 0.05) is 24.4 Å². The van der Waals surface area contributed by atoms with Crippen molar-refractivity contribution in [3.63, 3.8) is 0 Å². The summed E-state index contributed by atoms with van der Waals surface area (Å²) in [6, 6.07) is 4.01. The van der Waals surface area contributed by atoms with Crippen molar-refractivity contribution in [3.05, 3.63) is 22.4 Å². The molecule has 1 atom stereocenters. The third-order valence-electron chi connectivity index (χ3n) is 2.77. The molecule has 1 N–H and O–H groups in total. The highest BCUT2D eigenvalue weighted by Gasteiger charge is 2.33. The number of likely N-dealkylation sites (tertiary alicyclic amines) is 1. The number of rotatable bonds is 4. The molecule has 0 saturated carbocycles. The monoisotopic (exact) mass is 239 g/mol. The Morgan fingerprint density at radius 1 is 1.62 bits per heavy atom. The lowest BCUT2D eigenvalue weighted by Crippen LogP contribution is -2.28. The van der Waals surface area contributed by atoms with Crippen LogP contribution in [0, 0.1) is 5.92 Å². The summed E-state index contributed by atoms with van der Waals surface area (Å²) in [5.74, 6) is -1.42. The molecule has 0 radical (unpaired) electrons. The topological polar surface area (TPSA) is 57.6 Å². The zero-order valence-corrected chi connectivity index (χ0v) is 9.57. The van der Waals surface area contributed by atoms with Crippen molar-refractivity contribution in [1.82, 2.24) is 4.90 Å². The van der Waals surface area contributed by atoms with Gasteiger partial charge in [-0.3, -0.25) is 9.59 Å². The van der Waals surface area contributed by atoms with Crippen LogP contribution in [0.3, 0.4) is 0 Å². The Hall–Kier alpha value is -1.36. The number of amides is 1. The number of carboxylic acids is 1. The van der Waals surface area contributed by atoms with Gasteiger partial charge in [-0.15, -0.1) is 11.3 Å². The zero-order valence-electron chi connectivity index (χ0n) is 8.76. The van der Waals surface area contributed by atoms with Gasteiger partial charge < -0.3 is 10.0 Å². The number of carbonyl (C=O) groups excluding carboxylic acids is 1. The van der Waals surface area contributed by atoms with Crippen molar-refractivity contribution >= 4 is 23.2 Å². The van der Waals surface area contributed by atoms with E-state index in [1.807, 2.05) is 17.5 Å². The molecule has 0 spiro atoms. The van der Waals surface area contributed by atoms with E-state index in [4.69, 9.17) is 5.11 Å². The molecule has 2 heterocycles. The summed E-state index contributed by atoms with van der Waals surface area (Å²) < 4.78 is 0. The minimum Gasteiger partial charge on any atom is -0.481 e. The first-order valence-electron chi connectivity index (χ1n) is 5.20. The average Bonchev–Trinajstić information content (AvgIpc) is 2.84. The second kappa shape index (κ2) is 4.65. The minimum absolute atomic E-state index is 0.0380. The van der Waals surface area contributed by atoms with E-state index < -0.39 is 11.9 Å². The average molecular weight is 239 g/mol. The van der Waals surface area contributed by atoms with Crippen molar-refractivity contribution < 1.29 is 14.7 Å². The molecule has 0 aliphatic carbocycles. The molecule has 1 aliphatic heterocycles. The first-order chi connectivity index (χ1) is 7.66. The van der Waals surface area contributed by atoms with Crippen LogP contribution in [0.1, 0.15) is 11.3 Å². The fourth-order valence-corrected chi connectivity index (χ4v) is 2.55. The van der Waals surface area contributed by atoms with Crippen LogP contribution in [-0.4, -0.2) is 35.0 Å². The van der Waals surface area contributed by atoms with Gasteiger partial charge in [0.05, 0.1) is 5.92 Å². The van der Waals surface area contributed by atoms with Crippen LogP contribution >= 0.6 is 11.3 Å². The molecule has 1 aromatic rings. The number of nitrogens with zero attached hydrogens (tertiary/aromatic N) is 1. The summed E-state index contributed by atoms with van der Waals surface area (Å²) in [7, 11) is 0. The Balaban J connectivity index is 1.87. The molecule has 1 aliphatic rings. The lowest BCUT2D eigenvalue weighted by atomic mass is 10.1. The Morgan fingerprint density at radius 2 is 2.44 bits per heavy atom. The van der Waals surface area contributed by atoms with Crippen LogP contribution < -0.4 is 0 Å². The molecular weight excluding hydrogens is 226 g/mol. The Bertz CT molecular complexity index is 388. The van der Waals surface area contributed by atoms with Gasteiger partial charge in [0.25, 0.3) is 0 Å². The van der Waals surface area contributed by atoms with E-state index in [1.165, 1.54) is 4.88 Å². The summed E-state index contributed by atoms with van der Waals surface area (Å²) in [5.41, 5.74) is 0. The predicted molar refractivity (Wildman–Crippen MR) is 60.3 cm³/mol. The first-order valence-corrected chi connectivity index (χ1v) is 6.08. The molecule has 16 heavy (non-hydrogen) atoms. The van der Waals surface area contributed by atoms with E-state index in [-0.39, 0.29) is 12.3 Å². The smallest absolute Gasteiger partial charge is 0.308 e. The number of aliphatic carboxylic acids is 1. The van der Waals surface area contributed by atoms with Crippen LogP contribution in [0.2, 0.25) is 0 Å². The summed E-state index contributed by atoms with van der Waals surface area (Å²) in [6.07, 6.45) is 0.968. The van der Waals surface area contributed by atoms with E-state index in [1.54, 1.807) is 16.2 Å². The number of carboxylic acid groups (broad SMARTS) is 1. The van der Waals surface area contributed by atoms with Crippen molar-refractivity contribution in [2.24, 2.45) is 5.92 Å².